The van der Waals surface area contributed by atoms with Crippen LogP contribution >= 0.6 is 0 Å². The largest absolute Gasteiger partial charge is 0.497 e. The number of morpholine rings is 1. The van der Waals surface area contributed by atoms with Crippen LogP contribution in [0.3, 0.4) is 0 Å². The van der Waals surface area contributed by atoms with E-state index in [1.807, 2.05) is 29.2 Å². The maximum absolute atomic E-state index is 13.1. The summed E-state index contributed by atoms with van der Waals surface area (Å²) in [5, 5.41) is 0. The molecule has 5 heteroatoms. The van der Waals surface area contributed by atoms with Crippen LogP contribution in [0.4, 0.5) is 4.39 Å². The topological polar surface area (TPSA) is 38.8 Å². The van der Waals surface area contributed by atoms with Gasteiger partial charge >= 0.3 is 0 Å². The van der Waals surface area contributed by atoms with Crippen molar-refractivity contribution < 1.29 is 18.7 Å². The summed E-state index contributed by atoms with van der Waals surface area (Å²) < 4.78 is 23.9. The second-order valence-electron chi connectivity index (χ2n) is 6.10. The Kier molecular flexibility index (Phi) is 5.66. The lowest BCUT2D eigenvalue weighted by Gasteiger charge is -2.33. The first kappa shape index (κ1) is 17.4. The summed E-state index contributed by atoms with van der Waals surface area (Å²) in [6, 6.07) is 14.0. The zero-order valence-corrected chi connectivity index (χ0v) is 14.3. The highest BCUT2D eigenvalue weighted by Crippen LogP contribution is 2.23. The third kappa shape index (κ3) is 4.57. The molecule has 25 heavy (non-hydrogen) atoms. The third-order valence-corrected chi connectivity index (χ3v) is 4.45. The van der Waals surface area contributed by atoms with Crippen molar-refractivity contribution >= 4 is 5.91 Å². The number of aryl methyl sites for hydroxylation is 1. The van der Waals surface area contributed by atoms with Gasteiger partial charge in [-0.15, -0.1) is 0 Å². The average molecular weight is 343 g/mol. The van der Waals surface area contributed by atoms with E-state index in [-0.39, 0.29) is 17.8 Å². The number of hydrogen-bond acceptors (Lipinski definition) is 3. The second-order valence-corrected chi connectivity index (χ2v) is 6.10. The summed E-state index contributed by atoms with van der Waals surface area (Å²) in [5.74, 6) is 0.656. The van der Waals surface area contributed by atoms with E-state index in [0.717, 1.165) is 16.9 Å². The summed E-state index contributed by atoms with van der Waals surface area (Å²) >= 11 is 0. The van der Waals surface area contributed by atoms with E-state index in [0.29, 0.717) is 32.5 Å². The van der Waals surface area contributed by atoms with Crippen molar-refractivity contribution in [3.8, 4) is 5.75 Å². The first-order valence-corrected chi connectivity index (χ1v) is 8.43. The first-order chi connectivity index (χ1) is 12.2. The Hall–Kier alpha value is -2.40. The number of ether oxygens (including phenoxy) is 2. The smallest absolute Gasteiger partial charge is 0.223 e. The minimum absolute atomic E-state index is 0.117. The van der Waals surface area contributed by atoms with Gasteiger partial charge in [-0.1, -0.05) is 24.3 Å². The van der Waals surface area contributed by atoms with Gasteiger partial charge in [0.2, 0.25) is 5.91 Å². The van der Waals surface area contributed by atoms with Crippen molar-refractivity contribution in [2.45, 2.75) is 18.9 Å². The quantitative estimate of drug-likeness (QED) is 0.835. The van der Waals surface area contributed by atoms with Crippen LogP contribution in [0.5, 0.6) is 5.75 Å². The number of hydrogen-bond donors (Lipinski definition) is 0. The van der Waals surface area contributed by atoms with Crippen molar-refractivity contribution in [2.24, 2.45) is 0 Å². The van der Waals surface area contributed by atoms with Gasteiger partial charge in [0.1, 0.15) is 17.7 Å². The van der Waals surface area contributed by atoms with Gasteiger partial charge in [-0.05, 0) is 41.8 Å². The molecule has 2 aromatic carbocycles. The molecule has 1 saturated heterocycles. The number of halogens is 1. The maximum atomic E-state index is 13.1. The lowest BCUT2D eigenvalue weighted by atomic mass is 10.1. The number of rotatable bonds is 5. The Morgan fingerprint density at radius 3 is 2.60 bits per heavy atom. The van der Waals surface area contributed by atoms with E-state index < -0.39 is 0 Å². The van der Waals surface area contributed by atoms with Gasteiger partial charge in [0.05, 0.1) is 20.3 Å². The van der Waals surface area contributed by atoms with Crippen LogP contribution in [0.15, 0.2) is 48.5 Å². The van der Waals surface area contributed by atoms with Crippen molar-refractivity contribution in [1.29, 1.82) is 0 Å². The van der Waals surface area contributed by atoms with Crippen molar-refractivity contribution in [2.75, 3.05) is 26.8 Å². The van der Waals surface area contributed by atoms with Crippen molar-refractivity contribution in [3.05, 3.63) is 65.5 Å². The predicted molar refractivity (Wildman–Crippen MR) is 93.0 cm³/mol. The Labute approximate surface area is 147 Å². The number of methoxy groups -OCH3 is 1. The predicted octanol–water partition coefficient (Wildman–Crippen LogP) is 3.37. The van der Waals surface area contributed by atoms with Crippen LogP contribution in [0.2, 0.25) is 0 Å². The van der Waals surface area contributed by atoms with E-state index >= 15 is 0 Å². The summed E-state index contributed by atoms with van der Waals surface area (Å²) in [6.45, 7) is 1.60. The van der Waals surface area contributed by atoms with E-state index in [2.05, 4.69) is 0 Å². The van der Waals surface area contributed by atoms with E-state index in [1.165, 1.54) is 12.1 Å². The van der Waals surface area contributed by atoms with Gasteiger partial charge in [0.15, 0.2) is 0 Å². The molecule has 132 valence electrons. The summed E-state index contributed by atoms with van der Waals surface area (Å²) in [4.78, 5) is 14.3. The minimum atomic E-state index is -0.271. The highest BCUT2D eigenvalue weighted by Gasteiger charge is 2.25. The first-order valence-electron chi connectivity index (χ1n) is 8.43. The Balaban J connectivity index is 1.55. The molecule has 1 aliphatic rings. The molecule has 0 saturated carbocycles. The van der Waals surface area contributed by atoms with Crippen LogP contribution in [0.1, 0.15) is 23.7 Å². The fraction of sp³-hybridized carbons (Fsp3) is 0.350. The molecule has 2 aromatic rings. The van der Waals surface area contributed by atoms with Crippen LogP contribution in [0, 0.1) is 5.82 Å². The number of amides is 1. The molecule has 0 bridgehead atoms. The lowest BCUT2D eigenvalue weighted by molar-refractivity contribution is -0.139. The minimum Gasteiger partial charge on any atom is -0.497 e. The molecular formula is C20H22FNO3. The molecule has 3 rings (SSSR count). The molecule has 0 spiro atoms. The van der Waals surface area contributed by atoms with Gasteiger partial charge < -0.3 is 14.4 Å². The second kappa shape index (κ2) is 8.12. The number of carbonyl (C=O) groups is 1. The molecule has 1 atom stereocenters. The maximum Gasteiger partial charge on any atom is 0.223 e. The van der Waals surface area contributed by atoms with Gasteiger partial charge in [-0.3, -0.25) is 4.79 Å². The number of benzene rings is 2. The monoisotopic (exact) mass is 343 g/mol. The fourth-order valence-corrected chi connectivity index (χ4v) is 2.96. The van der Waals surface area contributed by atoms with Gasteiger partial charge in [-0.2, -0.15) is 0 Å². The lowest BCUT2D eigenvalue weighted by Crippen LogP contribution is -2.42. The zero-order chi connectivity index (χ0) is 17.6. The van der Waals surface area contributed by atoms with Gasteiger partial charge in [0, 0.05) is 13.0 Å². The van der Waals surface area contributed by atoms with Gasteiger partial charge in [-0.25, -0.2) is 4.39 Å². The van der Waals surface area contributed by atoms with Crippen LogP contribution in [-0.4, -0.2) is 37.6 Å². The molecule has 1 aliphatic heterocycles. The van der Waals surface area contributed by atoms with E-state index in [4.69, 9.17) is 9.47 Å². The number of nitrogens with zero attached hydrogens (tertiary/aromatic N) is 1. The van der Waals surface area contributed by atoms with Crippen molar-refractivity contribution in [1.82, 2.24) is 4.90 Å². The van der Waals surface area contributed by atoms with E-state index in [1.54, 1.807) is 19.2 Å². The van der Waals surface area contributed by atoms with Gasteiger partial charge in [0.25, 0.3) is 0 Å². The molecular weight excluding hydrogens is 321 g/mol. The highest BCUT2D eigenvalue weighted by molar-refractivity contribution is 5.76. The molecule has 1 fully saturated rings. The molecule has 1 amide bonds. The summed E-state index contributed by atoms with van der Waals surface area (Å²) in [6.07, 6.45) is 0.962. The molecule has 0 N–H and O–H groups in total. The number of carbonyl (C=O) groups excluding carboxylic acids is 1. The Bertz CT molecular complexity index is 700. The van der Waals surface area contributed by atoms with Crippen LogP contribution < -0.4 is 4.74 Å². The molecule has 0 radical (unpaired) electrons. The molecule has 1 heterocycles. The summed E-state index contributed by atoms with van der Waals surface area (Å²) in [5.41, 5.74) is 2.01. The standard InChI is InChI=1S/C20H22FNO3/c1-24-18-9-2-15(3-10-18)4-11-20(23)22-12-13-25-19(14-22)16-5-7-17(21)8-6-16/h2-3,5-10,19H,4,11-14H2,1H3. The van der Waals surface area contributed by atoms with Crippen LogP contribution in [-0.2, 0) is 16.0 Å². The average Bonchev–Trinajstić information content (AvgIpc) is 2.67. The SMILES string of the molecule is COc1ccc(CCC(=O)N2CCOC(c3ccc(F)cc3)C2)cc1. The summed E-state index contributed by atoms with van der Waals surface area (Å²) in [7, 11) is 1.63. The molecule has 1 unspecified atom stereocenters. The normalized spacial score (nSPS) is 17.4. The van der Waals surface area contributed by atoms with Crippen molar-refractivity contribution in [3.63, 3.8) is 0 Å². The Morgan fingerprint density at radius 2 is 1.92 bits per heavy atom. The van der Waals surface area contributed by atoms with E-state index in [9.17, 15) is 9.18 Å². The Morgan fingerprint density at radius 1 is 1.20 bits per heavy atom. The highest BCUT2D eigenvalue weighted by atomic mass is 19.1. The molecule has 0 aliphatic carbocycles. The van der Waals surface area contributed by atoms with Crippen LogP contribution in [0.25, 0.3) is 0 Å². The zero-order valence-electron chi connectivity index (χ0n) is 14.3. The third-order valence-electron chi connectivity index (χ3n) is 4.45. The molecule has 4 nitrogen and oxygen atoms in total. The molecule has 0 aromatic heterocycles. The fourth-order valence-electron chi connectivity index (χ4n) is 2.96.